The Morgan fingerprint density at radius 3 is 2.86 bits per heavy atom. The summed E-state index contributed by atoms with van der Waals surface area (Å²) in [7, 11) is 1.62. The van der Waals surface area contributed by atoms with Crippen molar-refractivity contribution in [2.45, 2.75) is 38.1 Å². The molecule has 0 amide bonds. The molecule has 1 aliphatic heterocycles. The minimum absolute atomic E-state index is 0.0652. The molecule has 3 aromatic rings. The summed E-state index contributed by atoms with van der Waals surface area (Å²) < 4.78 is 44.9. The van der Waals surface area contributed by atoms with E-state index < -0.39 is 11.9 Å². The highest BCUT2D eigenvalue weighted by Crippen LogP contribution is 2.40. The Bertz CT molecular complexity index is 1040. The minimum Gasteiger partial charge on any atom is -0.382 e. The summed E-state index contributed by atoms with van der Waals surface area (Å²) in [6.07, 6.45) is -2.25. The van der Waals surface area contributed by atoms with Crippen LogP contribution in [0.15, 0.2) is 30.5 Å². The zero-order valence-corrected chi connectivity index (χ0v) is 16.7. The number of alkyl halides is 3. The molecule has 5 nitrogen and oxygen atoms in total. The maximum Gasteiger partial charge on any atom is 0.433 e. The van der Waals surface area contributed by atoms with Crippen molar-refractivity contribution in [1.82, 2.24) is 15.0 Å². The van der Waals surface area contributed by atoms with Crippen LogP contribution >= 0.6 is 11.6 Å². The number of anilines is 1. The van der Waals surface area contributed by atoms with Crippen molar-refractivity contribution in [2.24, 2.45) is 0 Å². The van der Waals surface area contributed by atoms with E-state index in [1.807, 2.05) is 30.0 Å². The van der Waals surface area contributed by atoms with E-state index in [1.165, 1.54) is 0 Å². The van der Waals surface area contributed by atoms with Gasteiger partial charge in [0.05, 0.1) is 12.1 Å². The number of hydrogen-bond acceptors (Lipinski definition) is 4. The first-order chi connectivity index (χ1) is 13.8. The average molecular weight is 425 g/mol. The zero-order valence-electron chi connectivity index (χ0n) is 15.9. The quantitative estimate of drug-likeness (QED) is 0.628. The normalized spacial score (nSPS) is 18.1. The Morgan fingerprint density at radius 2 is 2.14 bits per heavy atom. The number of H-pyrrole nitrogens is 1. The summed E-state index contributed by atoms with van der Waals surface area (Å²) in [6.45, 7) is 2.42. The topological polar surface area (TPSA) is 54.0 Å². The second-order valence-electron chi connectivity index (χ2n) is 7.19. The van der Waals surface area contributed by atoms with Crippen LogP contribution in [-0.4, -0.2) is 34.7 Å². The molecular weight excluding hydrogens is 405 g/mol. The van der Waals surface area contributed by atoms with Gasteiger partial charge in [0, 0.05) is 41.5 Å². The first-order valence-corrected chi connectivity index (χ1v) is 9.65. The van der Waals surface area contributed by atoms with Crippen molar-refractivity contribution in [3.8, 4) is 0 Å². The van der Waals surface area contributed by atoms with Gasteiger partial charge in [-0.1, -0.05) is 11.6 Å². The summed E-state index contributed by atoms with van der Waals surface area (Å²) in [5.41, 5.74) is 2.06. The Kier molecular flexibility index (Phi) is 5.16. The number of halogens is 4. The summed E-state index contributed by atoms with van der Waals surface area (Å²) in [5.74, 6) is 0.0652. The van der Waals surface area contributed by atoms with Crippen molar-refractivity contribution < 1.29 is 17.9 Å². The highest BCUT2D eigenvalue weighted by molar-refractivity contribution is 6.31. The molecule has 0 spiro atoms. The molecule has 2 unspecified atom stereocenters. The lowest BCUT2D eigenvalue weighted by Gasteiger charge is -2.37. The predicted molar refractivity (Wildman–Crippen MR) is 105 cm³/mol. The summed E-state index contributed by atoms with van der Waals surface area (Å²) >= 11 is 6.18. The molecule has 29 heavy (non-hydrogen) atoms. The largest absolute Gasteiger partial charge is 0.433 e. The van der Waals surface area contributed by atoms with Gasteiger partial charge in [0.2, 0.25) is 5.95 Å². The Morgan fingerprint density at radius 1 is 1.34 bits per heavy atom. The van der Waals surface area contributed by atoms with E-state index in [0.29, 0.717) is 24.4 Å². The second kappa shape index (κ2) is 7.50. The van der Waals surface area contributed by atoms with Crippen LogP contribution < -0.4 is 4.90 Å². The number of nitrogens with one attached hydrogen (secondary N) is 1. The Balaban J connectivity index is 1.80. The van der Waals surface area contributed by atoms with E-state index in [-0.39, 0.29) is 18.1 Å². The summed E-state index contributed by atoms with van der Waals surface area (Å²) in [6, 6.07) is 6.28. The molecule has 0 bridgehead atoms. The molecule has 9 heteroatoms. The molecular formula is C20H20ClF3N4O. The fourth-order valence-corrected chi connectivity index (χ4v) is 4.05. The first-order valence-electron chi connectivity index (χ1n) is 9.27. The van der Waals surface area contributed by atoms with Crippen LogP contribution in [-0.2, 0) is 17.3 Å². The van der Waals surface area contributed by atoms with Crippen LogP contribution in [0.1, 0.15) is 36.3 Å². The van der Waals surface area contributed by atoms with E-state index >= 15 is 0 Å². The van der Waals surface area contributed by atoms with Gasteiger partial charge in [-0.25, -0.2) is 9.97 Å². The molecule has 2 aromatic heterocycles. The Hall–Kier alpha value is -2.32. The van der Waals surface area contributed by atoms with Gasteiger partial charge < -0.3 is 14.6 Å². The van der Waals surface area contributed by atoms with E-state index in [1.54, 1.807) is 7.11 Å². The number of aromatic nitrogens is 3. The minimum atomic E-state index is -4.52. The lowest BCUT2D eigenvalue weighted by Crippen LogP contribution is -2.38. The molecule has 154 valence electrons. The fourth-order valence-electron chi connectivity index (χ4n) is 3.88. The highest BCUT2D eigenvalue weighted by Gasteiger charge is 2.36. The molecule has 1 N–H and O–H groups in total. The molecule has 0 fully saturated rings. The van der Waals surface area contributed by atoms with E-state index in [4.69, 9.17) is 16.3 Å². The maximum absolute atomic E-state index is 13.2. The van der Waals surface area contributed by atoms with Crippen LogP contribution in [0.3, 0.4) is 0 Å². The van der Waals surface area contributed by atoms with Crippen molar-refractivity contribution in [3.05, 3.63) is 52.4 Å². The molecule has 0 aliphatic carbocycles. The molecule has 1 aromatic carbocycles. The molecule has 4 rings (SSSR count). The third-order valence-electron chi connectivity index (χ3n) is 5.36. The number of ether oxygens (including phenoxy) is 1. The van der Waals surface area contributed by atoms with Crippen LogP contribution in [0.25, 0.3) is 10.9 Å². The monoisotopic (exact) mass is 424 g/mol. The van der Waals surface area contributed by atoms with Gasteiger partial charge >= 0.3 is 6.18 Å². The Labute approximate surface area is 170 Å². The lowest BCUT2D eigenvalue weighted by molar-refractivity contribution is -0.141. The maximum atomic E-state index is 13.2. The number of nitrogens with zero attached hydrogens (tertiary/aromatic N) is 3. The van der Waals surface area contributed by atoms with Crippen molar-refractivity contribution in [3.63, 3.8) is 0 Å². The first kappa shape index (κ1) is 20.0. The second-order valence-corrected chi connectivity index (χ2v) is 7.62. The molecule has 3 heterocycles. The van der Waals surface area contributed by atoms with E-state index in [9.17, 15) is 13.2 Å². The molecule has 2 atom stereocenters. The van der Waals surface area contributed by atoms with Crippen LogP contribution in [0, 0.1) is 0 Å². The average Bonchev–Trinajstić information content (AvgIpc) is 3.06. The number of benzene rings is 1. The van der Waals surface area contributed by atoms with Crippen LogP contribution in [0.2, 0.25) is 5.02 Å². The van der Waals surface area contributed by atoms with Crippen LogP contribution in [0.4, 0.5) is 19.1 Å². The molecule has 0 saturated carbocycles. The predicted octanol–water partition coefficient (Wildman–Crippen LogP) is 5.16. The summed E-state index contributed by atoms with van der Waals surface area (Å²) in [5, 5.41) is 1.68. The highest BCUT2D eigenvalue weighted by atomic mass is 35.5. The van der Waals surface area contributed by atoms with Gasteiger partial charge in [0.25, 0.3) is 0 Å². The van der Waals surface area contributed by atoms with E-state index in [0.717, 1.165) is 34.4 Å². The third kappa shape index (κ3) is 3.79. The molecule has 0 radical (unpaired) electrons. The van der Waals surface area contributed by atoms with Gasteiger partial charge in [-0.05, 0) is 49.6 Å². The summed E-state index contributed by atoms with van der Waals surface area (Å²) in [4.78, 5) is 13.2. The fraction of sp³-hybridized carbons (Fsp3) is 0.400. The standard InChI is InChI=1S/C20H20ClF3N4O/c1-11(29-2)9-16-18-13(14-10-12(21)3-4-15(14)26-18)6-8-28(16)19-25-7-5-17(27-19)20(22,23)24/h3-5,7,10-11,16,26H,6,8-9H2,1-2H3. The zero-order chi connectivity index (χ0) is 20.8. The van der Waals surface area contributed by atoms with Crippen molar-refractivity contribution in [2.75, 3.05) is 18.6 Å². The SMILES string of the molecule is COC(C)CC1c2[nH]c3ccc(Cl)cc3c2CCN1c1nccc(C(F)(F)F)n1. The smallest absolute Gasteiger partial charge is 0.382 e. The van der Waals surface area contributed by atoms with Gasteiger partial charge in [-0.2, -0.15) is 13.2 Å². The lowest BCUT2D eigenvalue weighted by atomic mass is 9.94. The van der Waals surface area contributed by atoms with Crippen molar-refractivity contribution >= 4 is 28.5 Å². The molecule has 0 saturated heterocycles. The van der Waals surface area contributed by atoms with Gasteiger partial charge in [0.15, 0.2) is 0 Å². The third-order valence-corrected chi connectivity index (χ3v) is 5.60. The van der Waals surface area contributed by atoms with Gasteiger partial charge in [0.1, 0.15) is 5.69 Å². The number of hydrogen-bond donors (Lipinski definition) is 1. The van der Waals surface area contributed by atoms with Gasteiger partial charge in [-0.3, -0.25) is 0 Å². The number of rotatable bonds is 4. The van der Waals surface area contributed by atoms with E-state index in [2.05, 4.69) is 15.0 Å². The number of methoxy groups -OCH3 is 1. The molecule has 1 aliphatic rings. The number of fused-ring (bicyclic) bond motifs is 3. The van der Waals surface area contributed by atoms with Gasteiger partial charge in [-0.15, -0.1) is 0 Å². The number of aromatic amines is 1. The van der Waals surface area contributed by atoms with Crippen LogP contribution in [0.5, 0.6) is 0 Å². The van der Waals surface area contributed by atoms with Crippen molar-refractivity contribution in [1.29, 1.82) is 0 Å².